The van der Waals surface area contributed by atoms with E-state index < -0.39 is 11.4 Å². The molecule has 3 N–H and O–H groups in total. The van der Waals surface area contributed by atoms with E-state index in [1.807, 2.05) is 0 Å². The second kappa shape index (κ2) is 3.65. The van der Waals surface area contributed by atoms with Crippen molar-refractivity contribution in [1.82, 2.24) is 15.2 Å². The summed E-state index contributed by atoms with van der Waals surface area (Å²) in [5, 5.41) is 15.3. The third-order valence-electron chi connectivity index (χ3n) is 2.22. The van der Waals surface area contributed by atoms with Crippen molar-refractivity contribution in [2.45, 2.75) is 6.92 Å². The van der Waals surface area contributed by atoms with E-state index in [1.165, 1.54) is 6.92 Å². The molecule has 0 bridgehead atoms. The largest absolute Gasteiger partial charge is 0.477 e. The highest BCUT2D eigenvalue weighted by atomic mass is 16.4. The molecule has 0 saturated carbocycles. The van der Waals surface area contributed by atoms with E-state index in [-0.39, 0.29) is 17.0 Å². The van der Waals surface area contributed by atoms with Gasteiger partial charge in [-0.3, -0.25) is 9.89 Å². The van der Waals surface area contributed by atoms with Crippen LogP contribution in [0.4, 0.5) is 0 Å². The average molecular weight is 219 g/mol. The molecule has 2 heterocycles. The maximum Gasteiger partial charge on any atom is 0.341 e. The Balaban J connectivity index is 2.72. The molecule has 82 valence electrons. The molecule has 0 saturated heterocycles. The molecule has 0 aliphatic rings. The lowest BCUT2D eigenvalue weighted by Gasteiger charge is -2.02. The molecule has 0 aliphatic carbocycles. The van der Waals surface area contributed by atoms with Crippen molar-refractivity contribution in [3.63, 3.8) is 0 Å². The number of aryl methyl sites for hydroxylation is 1. The Labute approximate surface area is 90.0 Å². The number of carboxylic acid groups (broad SMARTS) is 1. The molecule has 0 radical (unpaired) electrons. The number of hydrogen-bond acceptors (Lipinski definition) is 3. The van der Waals surface area contributed by atoms with Crippen molar-refractivity contribution in [2.75, 3.05) is 0 Å². The first-order valence-corrected chi connectivity index (χ1v) is 4.57. The van der Waals surface area contributed by atoms with Crippen LogP contribution >= 0.6 is 0 Å². The molecule has 0 amide bonds. The quantitative estimate of drug-likeness (QED) is 0.694. The highest BCUT2D eigenvalue weighted by Crippen LogP contribution is 2.10. The normalized spacial score (nSPS) is 10.3. The van der Waals surface area contributed by atoms with Crippen LogP contribution in [0.25, 0.3) is 11.4 Å². The Morgan fingerprint density at radius 1 is 1.50 bits per heavy atom. The van der Waals surface area contributed by atoms with E-state index in [2.05, 4.69) is 15.2 Å². The summed E-state index contributed by atoms with van der Waals surface area (Å²) in [6, 6.07) is 3.36. The third-order valence-corrected chi connectivity index (χ3v) is 2.22. The molecular weight excluding hydrogens is 210 g/mol. The van der Waals surface area contributed by atoms with Crippen LogP contribution in [0, 0.1) is 6.92 Å². The number of hydrogen-bond donors (Lipinski definition) is 3. The van der Waals surface area contributed by atoms with Gasteiger partial charge in [0.1, 0.15) is 5.56 Å². The molecule has 0 atom stereocenters. The number of aromatic amines is 2. The Morgan fingerprint density at radius 3 is 2.81 bits per heavy atom. The van der Waals surface area contributed by atoms with Gasteiger partial charge in [-0.05, 0) is 19.1 Å². The summed E-state index contributed by atoms with van der Waals surface area (Å²) in [7, 11) is 0. The SMILES string of the molecule is Cc1[nH]nc(-c2ccc[nH]2)c(=O)c1C(=O)O. The molecule has 6 heteroatoms. The number of aromatic nitrogens is 3. The van der Waals surface area contributed by atoms with Gasteiger partial charge in [-0.25, -0.2) is 4.79 Å². The highest BCUT2D eigenvalue weighted by Gasteiger charge is 2.17. The van der Waals surface area contributed by atoms with E-state index in [9.17, 15) is 9.59 Å². The Morgan fingerprint density at radius 2 is 2.25 bits per heavy atom. The van der Waals surface area contributed by atoms with Crippen LogP contribution in [0.3, 0.4) is 0 Å². The first-order chi connectivity index (χ1) is 7.61. The zero-order valence-corrected chi connectivity index (χ0v) is 8.44. The second-order valence-corrected chi connectivity index (χ2v) is 3.29. The van der Waals surface area contributed by atoms with Crippen LogP contribution in [0.2, 0.25) is 0 Å². The number of carbonyl (C=O) groups is 1. The molecule has 16 heavy (non-hydrogen) atoms. The summed E-state index contributed by atoms with van der Waals surface area (Å²) >= 11 is 0. The lowest BCUT2D eigenvalue weighted by molar-refractivity contribution is 0.0694. The number of nitrogens with one attached hydrogen (secondary N) is 2. The fourth-order valence-corrected chi connectivity index (χ4v) is 1.45. The smallest absolute Gasteiger partial charge is 0.341 e. The highest BCUT2D eigenvalue weighted by molar-refractivity contribution is 5.89. The molecule has 0 unspecified atom stereocenters. The molecule has 6 nitrogen and oxygen atoms in total. The maximum atomic E-state index is 11.8. The zero-order chi connectivity index (χ0) is 11.7. The van der Waals surface area contributed by atoms with Gasteiger partial charge in [0.05, 0.1) is 5.69 Å². The van der Waals surface area contributed by atoms with Crippen molar-refractivity contribution in [3.05, 3.63) is 39.8 Å². The first kappa shape index (κ1) is 10.2. The lowest BCUT2D eigenvalue weighted by Crippen LogP contribution is -2.21. The van der Waals surface area contributed by atoms with Gasteiger partial charge in [0.15, 0.2) is 5.69 Å². The first-order valence-electron chi connectivity index (χ1n) is 4.57. The molecule has 2 rings (SSSR count). The summed E-state index contributed by atoms with van der Waals surface area (Å²) < 4.78 is 0. The number of carboxylic acids is 1. The van der Waals surface area contributed by atoms with Gasteiger partial charge in [-0.2, -0.15) is 5.10 Å². The van der Waals surface area contributed by atoms with E-state index in [4.69, 9.17) is 5.11 Å². The Kier molecular flexibility index (Phi) is 2.32. The molecule has 0 aromatic carbocycles. The van der Waals surface area contributed by atoms with Gasteiger partial charge < -0.3 is 10.1 Å². The number of H-pyrrole nitrogens is 2. The fourth-order valence-electron chi connectivity index (χ4n) is 1.45. The fraction of sp³-hybridized carbons (Fsp3) is 0.100. The summed E-state index contributed by atoms with van der Waals surface area (Å²) in [6.07, 6.45) is 1.64. The minimum absolute atomic E-state index is 0.0769. The van der Waals surface area contributed by atoms with Crippen molar-refractivity contribution < 1.29 is 9.90 Å². The molecular formula is C10H9N3O3. The second-order valence-electron chi connectivity index (χ2n) is 3.29. The Hall–Kier alpha value is -2.37. The van der Waals surface area contributed by atoms with E-state index >= 15 is 0 Å². The molecule has 2 aromatic rings. The number of nitrogens with zero attached hydrogens (tertiary/aromatic N) is 1. The van der Waals surface area contributed by atoms with Crippen molar-refractivity contribution in [2.24, 2.45) is 0 Å². The van der Waals surface area contributed by atoms with Crippen LogP contribution in [0.5, 0.6) is 0 Å². The summed E-state index contributed by atoms with van der Waals surface area (Å²) in [5.41, 5.74) is -0.0599. The van der Waals surface area contributed by atoms with Gasteiger partial charge in [0, 0.05) is 11.9 Å². The monoisotopic (exact) mass is 219 g/mol. The predicted octanol–water partition coefficient (Wildman–Crippen LogP) is 0.772. The third kappa shape index (κ3) is 1.50. The zero-order valence-electron chi connectivity index (χ0n) is 8.44. The van der Waals surface area contributed by atoms with E-state index in [0.29, 0.717) is 5.69 Å². The Bertz CT molecular complexity index is 584. The minimum Gasteiger partial charge on any atom is -0.477 e. The van der Waals surface area contributed by atoms with Crippen LogP contribution in [-0.4, -0.2) is 26.3 Å². The van der Waals surface area contributed by atoms with Gasteiger partial charge in [0.25, 0.3) is 0 Å². The van der Waals surface area contributed by atoms with Crippen molar-refractivity contribution >= 4 is 5.97 Å². The van der Waals surface area contributed by atoms with Crippen LogP contribution in [0.15, 0.2) is 23.1 Å². The van der Waals surface area contributed by atoms with Crippen LogP contribution in [0.1, 0.15) is 16.1 Å². The topological polar surface area (TPSA) is 98.8 Å². The summed E-state index contributed by atoms with van der Waals surface area (Å²) in [5.74, 6) is -1.26. The van der Waals surface area contributed by atoms with Gasteiger partial charge in [0.2, 0.25) is 5.43 Å². The predicted molar refractivity (Wildman–Crippen MR) is 56.3 cm³/mol. The summed E-state index contributed by atoms with van der Waals surface area (Å²) in [6.45, 7) is 1.50. The van der Waals surface area contributed by atoms with Crippen LogP contribution < -0.4 is 5.43 Å². The van der Waals surface area contributed by atoms with Crippen molar-refractivity contribution in [3.8, 4) is 11.4 Å². The molecule has 0 fully saturated rings. The number of aromatic carboxylic acids is 1. The lowest BCUT2D eigenvalue weighted by atomic mass is 10.1. The van der Waals surface area contributed by atoms with Crippen molar-refractivity contribution in [1.29, 1.82) is 0 Å². The maximum absolute atomic E-state index is 11.8. The van der Waals surface area contributed by atoms with Gasteiger partial charge in [-0.15, -0.1) is 0 Å². The van der Waals surface area contributed by atoms with E-state index in [1.54, 1.807) is 18.3 Å². The molecule has 0 aliphatic heterocycles. The van der Waals surface area contributed by atoms with Crippen LogP contribution in [-0.2, 0) is 0 Å². The summed E-state index contributed by atoms with van der Waals surface area (Å²) in [4.78, 5) is 25.6. The van der Waals surface area contributed by atoms with E-state index in [0.717, 1.165) is 0 Å². The molecule has 0 spiro atoms. The number of rotatable bonds is 2. The van der Waals surface area contributed by atoms with Gasteiger partial charge >= 0.3 is 5.97 Å². The average Bonchev–Trinajstić information content (AvgIpc) is 2.70. The van der Waals surface area contributed by atoms with Gasteiger partial charge in [-0.1, -0.05) is 0 Å². The standard InChI is InChI=1S/C10H9N3O3/c1-5-7(10(15)16)9(14)8(13-12-5)6-3-2-4-11-6/h2-4,11H,1H3,(H,12,14)(H,15,16). The molecule has 2 aromatic heterocycles. The minimum atomic E-state index is -1.26.